The van der Waals surface area contributed by atoms with Crippen molar-refractivity contribution < 1.29 is 14.3 Å². The molecule has 1 aliphatic heterocycles. The summed E-state index contributed by atoms with van der Waals surface area (Å²) >= 11 is 1.49. The summed E-state index contributed by atoms with van der Waals surface area (Å²) in [5.74, 6) is -0.490. The molecule has 2 amide bonds. The lowest BCUT2D eigenvalue weighted by Crippen LogP contribution is -2.62. The van der Waals surface area contributed by atoms with Crippen LogP contribution >= 0.6 is 11.3 Å². The van der Waals surface area contributed by atoms with Crippen molar-refractivity contribution in [2.45, 2.75) is 57.4 Å². The van der Waals surface area contributed by atoms with Crippen molar-refractivity contribution in [1.82, 2.24) is 9.88 Å². The largest absolute Gasteiger partial charge is 0.383 e. The Morgan fingerprint density at radius 3 is 2.67 bits per heavy atom. The maximum absolute atomic E-state index is 13.7. The second-order valence-electron chi connectivity index (χ2n) is 8.28. The van der Waals surface area contributed by atoms with Gasteiger partial charge in [0, 0.05) is 24.1 Å². The lowest BCUT2D eigenvalue weighted by atomic mass is 9.65. The van der Waals surface area contributed by atoms with Gasteiger partial charge >= 0.3 is 0 Å². The molecule has 0 radical (unpaired) electrons. The van der Waals surface area contributed by atoms with Crippen LogP contribution < -0.4 is 5.32 Å². The van der Waals surface area contributed by atoms with Gasteiger partial charge in [0.2, 0.25) is 5.91 Å². The summed E-state index contributed by atoms with van der Waals surface area (Å²) < 4.78 is 5.32. The molecule has 1 fully saturated rings. The van der Waals surface area contributed by atoms with Crippen LogP contribution in [0.4, 0.5) is 5.13 Å². The highest BCUT2D eigenvalue weighted by Crippen LogP contribution is 2.49. The van der Waals surface area contributed by atoms with Crippen molar-refractivity contribution in [1.29, 1.82) is 0 Å². The molecule has 1 aromatic heterocycles. The molecule has 160 valence electrons. The van der Waals surface area contributed by atoms with Crippen LogP contribution in [-0.2, 0) is 9.53 Å². The fourth-order valence-corrected chi connectivity index (χ4v) is 5.87. The minimum Gasteiger partial charge on any atom is -0.383 e. The summed E-state index contributed by atoms with van der Waals surface area (Å²) in [4.78, 5) is 34.8. The fraction of sp³-hybridized carbons (Fsp3) is 0.522. The molecule has 1 aromatic carbocycles. The molecule has 1 atom stereocenters. The quantitative estimate of drug-likeness (QED) is 0.773. The zero-order valence-corrected chi connectivity index (χ0v) is 18.7. The third-order valence-electron chi connectivity index (χ3n) is 6.58. The number of hydrogen-bond acceptors (Lipinski definition) is 5. The second-order valence-corrected chi connectivity index (χ2v) is 9.49. The number of aromatic nitrogens is 1. The van der Waals surface area contributed by atoms with Gasteiger partial charge in [-0.05, 0) is 38.3 Å². The van der Waals surface area contributed by atoms with E-state index in [9.17, 15) is 9.59 Å². The normalized spacial score (nSPS) is 20.3. The summed E-state index contributed by atoms with van der Waals surface area (Å²) in [6.07, 6.45) is 4.81. The fourth-order valence-electron chi connectivity index (χ4n) is 5.05. The number of thiazole rings is 1. The first kappa shape index (κ1) is 21.0. The van der Waals surface area contributed by atoms with Gasteiger partial charge in [0.15, 0.2) is 5.13 Å². The minimum atomic E-state index is -0.520. The molecule has 1 N–H and O–H groups in total. The van der Waals surface area contributed by atoms with Crippen molar-refractivity contribution >= 4 is 28.3 Å². The molecule has 0 bridgehead atoms. The maximum Gasteiger partial charge on any atom is 0.254 e. The van der Waals surface area contributed by atoms with Gasteiger partial charge in [-0.2, -0.15) is 0 Å². The molecule has 1 saturated carbocycles. The predicted molar refractivity (Wildman–Crippen MR) is 118 cm³/mol. The summed E-state index contributed by atoms with van der Waals surface area (Å²) in [6, 6.07) is 7.57. The van der Waals surface area contributed by atoms with Gasteiger partial charge in [0.25, 0.3) is 5.91 Å². The molecule has 2 heterocycles. The smallest absolute Gasteiger partial charge is 0.254 e. The zero-order chi connectivity index (χ0) is 21.3. The van der Waals surface area contributed by atoms with Gasteiger partial charge in [-0.1, -0.05) is 37.5 Å². The highest BCUT2D eigenvalue weighted by Gasteiger charge is 2.54. The number of carbonyl (C=O) groups excluding carboxylic acids is 2. The number of anilines is 1. The van der Waals surface area contributed by atoms with Gasteiger partial charge in [0.1, 0.15) is 0 Å². The Hall–Kier alpha value is -2.25. The number of hydrogen-bond donors (Lipinski definition) is 1. The summed E-state index contributed by atoms with van der Waals surface area (Å²) in [6.45, 7) is 4.90. The topological polar surface area (TPSA) is 71.5 Å². The van der Waals surface area contributed by atoms with Crippen LogP contribution in [0.1, 0.15) is 64.5 Å². The molecular formula is C23H29N3O3S. The van der Waals surface area contributed by atoms with E-state index in [4.69, 9.17) is 4.74 Å². The van der Waals surface area contributed by atoms with Crippen molar-refractivity contribution in [2.24, 2.45) is 0 Å². The number of amides is 2. The average molecular weight is 428 g/mol. The lowest BCUT2D eigenvalue weighted by Gasteiger charge is -2.53. The van der Waals surface area contributed by atoms with E-state index in [1.165, 1.54) is 11.3 Å². The van der Waals surface area contributed by atoms with E-state index in [1.807, 2.05) is 43.0 Å². The number of ether oxygens (including phenoxy) is 1. The average Bonchev–Trinajstić information content (AvgIpc) is 3.05. The Morgan fingerprint density at radius 2 is 2.00 bits per heavy atom. The Balaban J connectivity index is 1.79. The van der Waals surface area contributed by atoms with E-state index < -0.39 is 11.5 Å². The lowest BCUT2D eigenvalue weighted by molar-refractivity contribution is -0.122. The van der Waals surface area contributed by atoms with Gasteiger partial charge in [-0.25, -0.2) is 4.98 Å². The molecule has 4 rings (SSSR count). The summed E-state index contributed by atoms with van der Waals surface area (Å²) in [7, 11) is 1.65. The van der Waals surface area contributed by atoms with Crippen molar-refractivity contribution in [3.8, 4) is 0 Å². The second kappa shape index (κ2) is 8.47. The number of benzene rings is 1. The number of fused-ring (bicyclic) bond motifs is 1. The maximum atomic E-state index is 13.7. The molecule has 0 saturated heterocycles. The van der Waals surface area contributed by atoms with Crippen molar-refractivity contribution in [3.05, 3.63) is 46.0 Å². The highest BCUT2D eigenvalue weighted by atomic mass is 32.1. The summed E-state index contributed by atoms with van der Waals surface area (Å²) in [5, 5.41) is 3.70. The molecule has 1 spiro atoms. The number of methoxy groups -OCH3 is 1. The van der Waals surface area contributed by atoms with Gasteiger partial charge in [-0.15, -0.1) is 11.3 Å². The van der Waals surface area contributed by atoms with E-state index in [1.54, 1.807) is 7.11 Å². The first-order valence-corrected chi connectivity index (χ1v) is 11.4. The van der Waals surface area contributed by atoms with E-state index in [0.717, 1.165) is 48.2 Å². The molecule has 1 aliphatic carbocycles. The first-order chi connectivity index (χ1) is 14.5. The standard InChI is InChI=1S/C23H29N3O3S/c1-15-16(2)30-22(24-15)25-20(27)19-17-9-5-6-10-18(17)21(28)26(13-14-29-3)23(19)11-7-4-8-12-23/h5-6,9-10,19H,4,7-8,11-14H2,1-3H3,(H,24,25,27)/t19-/m1/s1. The van der Waals surface area contributed by atoms with Gasteiger partial charge < -0.3 is 15.0 Å². The van der Waals surface area contributed by atoms with Gasteiger partial charge in [-0.3, -0.25) is 9.59 Å². The third kappa shape index (κ3) is 3.54. The van der Waals surface area contributed by atoms with E-state index in [0.29, 0.717) is 23.8 Å². The molecular weight excluding hydrogens is 398 g/mol. The van der Waals surface area contributed by atoms with Crippen LogP contribution in [0.2, 0.25) is 0 Å². The van der Waals surface area contributed by atoms with E-state index >= 15 is 0 Å². The van der Waals surface area contributed by atoms with Crippen LogP contribution in [0.3, 0.4) is 0 Å². The van der Waals surface area contributed by atoms with Crippen molar-refractivity contribution in [2.75, 3.05) is 25.6 Å². The molecule has 6 nitrogen and oxygen atoms in total. The van der Waals surface area contributed by atoms with Crippen LogP contribution in [0, 0.1) is 13.8 Å². The Bertz CT molecular complexity index is 929. The molecule has 2 aliphatic rings. The van der Waals surface area contributed by atoms with Crippen LogP contribution in [0.15, 0.2) is 24.3 Å². The SMILES string of the molecule is COCCN1C(=O)c2ccccc2[C@H](C(=O)Nc2nc(C)c(C)s2)C12CCCCC2. The Labute approximate surface area is 181 Å². The van der Waals surface area contributed by atoms with Crippen LogP contribution in [-0.4, -0.2) is 47.5 Å². The number of rotatable bonds is 5. The van der Waals surface area contributed by atoms with Crippen molar-refractivity contribution in [3.63, 3.8) is 0 Å². The predicted octanol–water partition coefficient (Wildman–Crippen LogP) is 4.29. The van der Waals surface area contributed by atoms with E-state index in [2.05, 4.69) is 10.3 Å². The highest BCUT2D eigenvalue weighted by molar-refractivity contribution is 7.15. The molecule has 0 unspecified atom stereocenters. The third-order valence-corrected chi connectivity index (χ3v) is 7.57. The molecule has 2 aromatic rings. The first-order valence-electron chi connectivity index (χ1n) is 10.6. The number of aryl methyl sites for hydroxylation is 2. The van der Waals surface area contributed by atoms with Crippen LogP contribution in [0.25, 0.3) is 0 Å². The van der Waals surface area contributed by atoms with E-state index in [-0.39, 0.29) is 11.8 Å². The molecule has 7 heteroatoms. The number of nitrogens with one attached hydrogen (secondary N) is 1. The zero-order valence-electron chi connectivity index (χ0n) is 17.9. The number of nitrogens with zero attached hydrogens (tertiary/aromatic N) is 2. The monoisotopic (exact) mass is 427 g/mol. The molecule has 30 heavy (non-hydrogen) atoms. The van der Waals surface area contributed by atoms with Gasteiger partial charge in [0.05, 0.1) is 23.8 Å². The minimum absolute atomic E-state index is 0.00883. The number of carbonyl (C=O) groups is 2. The Kier molecular flexibility index (Phi) is 5.93. The summed E-state index contributed by atoms with van der Waals surface area (Å²) in [5.41, 5.74) is 1.87. The Morgan fingerprint density at radius 1 is 1.27 bits per heavy atom. The van der Waals surface area contributed by atoms with Crippen LogP contribution in [0.5, 0.6) is 0 Å².